The molecule has 3 aliphatic heterocycles. The number of unbranched alkanes of at least 4 members (excludes halogenated alkanes) is 1. The molecule has 15 N–H and O–H groups in total. The summed E-state index contributed by atoms with van der Waals surface area (Å²) in [6, 6.07) is 22.8. The second kappa shape index (κ2) is 33.3. The second-order valence-corrected chi connectivity index (χ2v) is 27.6. The van der Waals surface area contributed by atoms with Crippen molar-refractivity contribution in [3.05, 3.63) is 129 Å². The summed E-state index contributed by atoms with van der Waals surface area (Å²) in [4.78, 5) is 128. The first-order valence-corrected chi connectivity index (χ1v) is 34.9. The summed E-state index contributed by atoms with van der Waals surface area (Å²) >= 11 is 14.4. The van der Waals surface area contributed by atoms with Crippen LogP contribution in [-0.4, -0.2) is 208 Å². The van der Waals surface area contributed by atoms with Gasteiger partial charge in [0.1, 0.15) is 48.3 Å². The third-order valence-corrected chi connectivity index (χ3v) is 20.5. The standard InChI is InChI=1S/C70H85Cl2N11O17S/c1-36(2)57(79-62(90)47(76-37(3)85)17-10-11-25-73)63(91)78-48(18-12-26-75-67(74)94)61(89)77-41-21-19-38(20-22-41)29-70(81(5)69(97)98,35-80(4)68(95)96)46-27-49-55(44-15-8-6-13-42(44)46)39(30-71)32-82(49)64(92)53-23-24-54(101-53)65(93)83-33-40(31-72)56-45-16-9-7-14-43(45)51(28-50(56)83)99-66-60(88)59(87)58(86)52(34-84)100-66/h6-9,13-16,19-24,27-28,36,39-40,47-48,52,57-60,66,84,86-88H,10-12,17-18,25-26,29-35,73H2,1-5H3,(H,76,85)(H,77,89)(H,78,91)(H,79,90)(H,95,96)(H,97,98)(H3,74,75,94)/t39-,40-,47+,48+,52-,57+,58+,59+,60-,66-,70?/m1/s1. The van der Waals surface area contributed by atoms with Crippen molar-refractivity contribution in [3.63, 3.8) is 0 Å². The van der Waals surface area contributed by atoms with Gasteiger partial charge in [0, 0.05) is 93.5 Å². The molecule has 5 aromatic carbocycles. The number of amides is 10. The Kier molecular flexibility index (Phi) is 25.1. The van der Waals surface area contributed by atoms with Crippen molar-refractivity contribution in [1.29, 1.82) is 0 Å². The van der Waals surface area contributed by atoms with E-state index in [-0.39, 0.29) is 84.2 Å². The Morgan fingerprint density at radius 3 is 1.81 bits per heavy atom. The topological polar surface area (TPSA) is 419 Å². The number of aliphatic hydroxyl groups is 4. The zero-order valence-electron chi connectivity index (χ0n) is 56.3. The highest BCUT2D eigenvalue weighted by atomic mass is 35.5. The molecule has 0 aliphatic carbocycles. The van der Waals surface area contributed by atoms with Gasteiger partial charge < -0.3 is 92.9 Å². The molecule has 9 rings (SSSR count). The number of halogens is 2. The van der Waals surface area contributed by atoms with E-state index in [9.17, 15) is 69.0 Å². The van der Waals surface area contributed by atoms with E-state index in [4.69, 9.17) is 44.1 Å². The summed E-state index contributed by atoms with van der Waals surface area (Å²) in [5.41, 5.74) is 12.3. The van der Waals surface area contributed by atoms with Gasteiger partial charge in [-0.3, -0.25) is 33.7 Å². The number of benzene rings is 5. The minimum absolute atomic E-state index is 0.0105. The molecule has 0 saturated carbocycles. The molecule has 1 unspecified atom stereocenters. The molecular weight excluding hydrogens is 1370 g/mol. The Bertz CT molecular complexity index is 4070. The van der Waals surface area contributed by atoms with Crippen molar-refractivity contribution >= 4 is 127 Å². The van der Waals surface area contributed by atoms with E-state index in [1.165, 1.54) is 43.0 Å². The predicted molar refractivity (Wildman–Crippen MR) is 380 cm³/mol. The molecule has 6 aromatic rings. The van der Waals surface area contributed by atoms with Crippen LogP contribution in [0.25, 0.3) is 21.5 Å². The average molecular weight is 1460 g/mol. The lowest BCUT2D eigenvalue weighted by Crippen LogP contribution is -2.60. The molecule has 3 aliphatic rings. The van der Waals surface area contributed by atoms with Crippen molar-refractivity contribution < 1.29 is 83.3 Å². The number of nitrogens with two attached hydrogens (primary N) is 2. The third-order valence-electron chi connectivity index (χ3n) is 18.7. The number of likely N-dealkylation sites (N-methyl/N-ethyl adjacent to an activating group) is 2. The predicted octanol–water partition coefficient (Wildman–Crippen LogP) is 5.50. The van der Waals surface area contributed by atoms with Gasteiger partial charge in [0.15, 0.2) is 0 Å². The van der Waals surface area contributed by atoms with Crippen LogP contribution >= 0.6 is 34.5 Å². The van der Waals surface area contributed by atoms with E-state index in [1.54, 1.807) is 86.6 Å². The molecule has 1 aromatic heterocycles. The summed E-state index contributed by atoms with van der Waals surface area (Å²) in [6.45, 7) is 4.11. The molecule has 0 spiro atoms. The zero-order chi connectivity index (χ0) is 73.3. The fourth-order valence-electron chi connectivity index (χ4n) is 13.5. The summed E-state index contributed by atoms with van der Waals surface area (Å²) < 4.78 is 11.9. The van der Waals surface area contributed by atoms with Gasteiger partial charge in [0.25, 0.3) is 11.8 Å². The second-order valence-electron chi connectivity index (χ2n) is 25.9. The minimum Gasteiger partial charge on any atom is -0.465 e. The SMILES string of the molecule is CC(=O)N[C@@H](CCCCN)C(=O)N[C@H](C(=O)N[C@@H](CCCNC(N)=O)C(=O)Nc1ccc(CC(CN(C)C(=O)O)(c2cc3c(c4ccccc24)[C@H](CCl)CN3C(=O)c2ccc(C(=O)N3C[C@@H](CCl)c4c3cc(O[C@@H]3O[C@H](CO)[C@H](O)[C@H](O)[C@H]3O)c3ccccc43)s2)N(C)C(=O)O)cc1)C(C)C. The Balaban J connectivity index is 1.03. The van der Waals surface area contributed by atoms with Crippen LogP contribution in [0, 0.1) is 5.92 Å². The highest BCUT2D eigenvalue weighted by Crippen LogP contribution is 2.50. The molecule has 28 nitrogen and oxygen atoms in total. The van der Waals surface area contributed by atoms with E-state index in [0.717, 1.165) is 26.7 Å². The number of nitrogens with one attached hydrogen (secondary N) is 5. The molecule has 542 valence electrons. The van der Waals surface area contributed by atoms with E-state index in [2.05, 4.69) is 26.6 Å². The number of nitrogens with zero attached hydrogens (tertiary/aromatic N) is 4. The number of aliphatic hydroxyl groups excluding tert-OH is 4. The molecule has 1 fully saturated rings. The number of carbonyl (C=O) groups excluding carboxylic acids is 7. The summed E-state index contributed by atoms with van der Waals surface area (Å²) in [5.74, 6) is -4.53. The molecule has 0 bridgehead atoms. The van der Waals surface area contributed by atoms with E-state index in [0.29, 0.717) is 69.0 Å². The maximum atomic E-state index is 15.4. The van der Waals surface area contributed by atoms with Crippen LogP contribution in [-0.2, 0) is 35.9 Å². The molecule has 101 heavy (non-hydrogen) atoms. The van der Waals surface area contributed by atoms with E-state index in [1.807, 2.05) is 12.1 Å². The Morgan fingerprint density at radius 2 is 1.27 bits per heavy atom. The van der Waals surface area contributed by atoms with E-state index >= 15 is 4.79 Å². The molecule has 31 heteroatoms. The highest BCUT2D eigenvalue weighted by molar-refractivity contribution is 7.16. The number of anilines is 3. The van der Waals surface area contributed by atoms with Gasteiger partial charge >= 0.3 is 18.2 Å². The number of thiophene rings is 1. The monoisotopic (exact) mass is 1450 g/mol. The van der Waals surface area contributed by atoms with Crippen molar-refractivity contribution in [3.8, 4) is 5.75 Å². The van der Waals surface area contributed by atoms with Crippen LogP contribution in [0.1, 0.15) is 106 Å². The Morgan fingerprint density at radius 1 is 0.703 bits per heavy atom. The van der Waals surface area contributed by atoms with Crippen LogP contribution in [0.5, 0.6) is 5.75 Å². The number of hydrogen-bond donors (Lipinski definition) is 13. The van der Waals surface area contributed by atoms with Crippen molar-refractivity contribution in [2.24, 2.45) is 17.4 Å². The molecule has 10 amide bonds. The number of primary amides is 1. The van der Waals surface area contributed by atoms with Gasteiger partial charge in [-0.2, -0.15) is 0 Å². The van der Waals surface area contributed by atoms with Crippen LogP contribution in [0.3, 0.4) is 0 Å². The number of alkyl halides is 2. The molecule has 0 radical (unpaired) electrons. The van der Waals surface area contributed by atoms with Crippen LogP contribution < -0.4 is 52.6 Å². The fraction of sp³-hybridized carbons (Fsp3) is 0.443. The summed E-state index contributed by atoms with van der Waals surface area (Å²) in [6.07, 6.45) is -9.39. The number of fused-ring (bicyclic) bond motifs is 6. The van der Waals surface area contributed by atoms with Crippen molar-refractivity contribution in [2.45, 2.75) is 126 Å². The first-order chi connectivity index (χ1) is 48.2. The van der Waals surface area contributed by atoms with Crippen molar-refractivity contribution in [2.75, 3.05) is 80.3 Å². The summed E-state index contributed by atoms with van der Waals surface area (Å²) in [7, 11) is 2.62. The van der Waals surface area contributed by atoms with Gasteiger partial charge in [-0.1, -0.05) is 74.5 Å². The first kappa shape index (κ1) is 76.3. The minimum atomic E-state index is -1.80. The largest absolute Gasteiger partial charge is 0.465 e. The van der Waals surface area contributed by atoms with Gasteiger partial charge in [0.05, 0.1) is 34.1 Å². The number of carbonyl (C=O) groups is 9. The van der Waals surface area contributed by atoms with Gasteiger partial charge in [-0.25, -0.2) is 14.4 Å². The Labute approximate surface area is 596 Å². The van der Waals surface area contributed by atoms with E-state index < -0.39 is 133 Å². The lowest BCUT2D eigenvalue weighted by atomic mass is 9.78. The van der Waals surface area contributed by atoms with Crippen LogP contribution in [0.4, 0.5) is 31.4 Å². The smallest absolute Gasteiger partial charge is 0.407 e. The van der Waals surface area contributed by atoms with Gasteiger partial charge in [-0.15, -0.1) is 34.5 Å². The number of hydrogen-bond acceptors (Lipinski definition) is 17. The molecular formula is C70H85Cl2N11O17S. The number of ether oxygens (including phenoxy) is 2. The number of urea groups is 1. The number of rotatable bonds is 29. The normalized spacial score (nSPS) is 20.0. The zero-order valence-corrected chi connectivity index (χ0v) is 58.6. The lowest BCUT2D eigenvalue weighted by molar-refractivity contribution is -0.277. The molecule has 4 heterocycles. The third kappa shape index (κ3) is 16.7. The maximum Gasteiger partial charge on any atom is 0.407 e. The lowest BCUT2D eigenvalue weighted by Gasteiger charge is -2.44. The van der Waals surface area contributed by atoms with Gasteiger partial charge in [0.2, 0.25) is 29.9 Å². The highest BCUT2D eigenvalue weighted by Gasteiger charge is 2.48. The summed E-state index contributed by atoms with van der Waals surface area (Å²) in [5, 5.41) is 79.5. The number of carboxylic acid groups (broad SMARTS) is 2. The van der Waals surface area contributed by atoms with Gasteiger partial charge in [-0.05, 0) is 113 Å². The Hall–Kier alpha value is -8.91. The molecule has 11 atom stereocenters. The maximum absolute atomic E-state index is 15.4. The fourth-order valence-corrected chi connectivity index (χ4v) is 14.9. The molecule has 1 saturated heterocycles. The average Bonchev–Trinajstić information content (AvgIpc) is 1.70. The van der Waals surface area contributed by atoms with Crippen molar-refractivity contribution in [1.82, 2.24) is 31.1 Å². The first-order valence-electron chi connectivity index (χ1n) is 33.0. The quantitative estimate of drug-likeness (QED) is 0.0203. The van der Waals surface area contributed by atoms with Crippen LogP contribution in [0.2, 0.25) is 0 Å². The van der Waals surface area contributed by atoms with Crippen LogP contribution in [0.15, 0.2) is 97.1 Å².